The van der Waals surface area contributed by atoms with E-state index in [1.165, 1.54) is 28.7 Å². The average Bonchev–Trinajstić information content (AvgIpc) is 2.99. The summed E-state index contributed by atoms with van der Waals surface area (Å²) in [5.74, 6) is 0.681. The van der Waals surface area contributed by atoms with E-state index in [1.807, 2.05) is 0 Å². The van der Waals surface area contributed by atoms with Crippen LogP contribution in [0.15, 0.2) is 48.5 Å². The molecule has 0 N–H and O–H groups in total. The van der Waals surface area contributed by atoms with Crippen molar-refractivity contribution in [2.75, 3.05) is 0 Å². The Hall–Kier alpha value is -1.56. The predicted molar refractivity (Wildman–Crippen MR) is 90.7 cm³/mol. The molecule has 110 valence electrons. The van der Waals surface area contributed by atoms with Crippen molar-refractivity contribution in [2.45, 2.75) is 46.5 Å². The van der Waals surface area contributed by atoms with Crippen LogP contribution < -0.4 is 0 Å². The van der Waals surface area contributed by atoms with Crippen molar-refractivity contribution in [1.29, 1.82) is 0 Å². The molecular formula is C21H26. The van der Waals surface area contributed by atoms with E-state index in [0.717, 1.165) is 0 Å². The first-order valence-corrected chi connectivity index (χ1v) is 8.11. The molecule has 0 amide bonds. The van der Waals surface area contributed by atoms with Crippen LogP contribution in [0.25, 0.3) is 0 Å². The fraction of sp³-hybridized carbons (Fsp3) is 0.429. The molecule has 2 aromatic rings. The first kappa shape index (κ1) is 14.4. The minimum absolute atomic E-state index is 0.184. The minimum atomic E-state index is 0.184. The van der Waals surface area contributed by atoms with E-state index in [-0.39, 0.29) is 5.41 Å². The summed E-state index contributed by atoms with van der Waals surface area (Å²) in [5.41, 5.74) is 6.18. The van der Waals surface area contributed by atoms with Crippen LogP contribution in [0.3, 0.4) is 0 Å². The van der Waals surface area contributed by atoms with Crippen LogP contribution >= 0.6 is 0 Å². The lowest BCUT2D eigenvalue weighted by Gasteiger charge is -2.24. The molecule has 1 saturated carbocycles. The molecule has 0 bridgehead atoms. The van der Waals surface area contributed by atoms with E-state index in [4.69, 9.17) is 0 Å². The maximum Gasteiger partial charge on any atom is 0.0290 e. The van der Waals surface area contributed by atoms with E-state index >= 15 is 0 Å². The SMILES string of the molecule is CC[C@]1(C)[C@H](C)C1(c1ccc(C)cc1)c1ccc(C)cc1. The Balaban J connectivity index is 2.18. The zero-order valence-corrected chi connectivity index (χ0v) is 13.9. The Labute approximate surface area is 129 Å². The van der Waals surface area contributed by atoms with Gasteiger partial charge in [0.1, 0.15) is 0 Å². The van der Waals surface area contributed by atoms with Gasteiger partial charge in [-0.3, -0.25) is 0 Å². The van der Waals surface area contributed by atoms with Crippen molar-refractivity contribution in [3.8, 4) is 0 Å². The standard InChI is InChI=1S/C21H26/c1-6-20(5)17(4)21(20,18-11-7-15(2)8-12-18)19-13-9-16(3)10-14-19/h7-14,17H,6H2,1-5H3/t17-,20+/m0/s1. The van der Waals surface area contributed by atoms with Crippen LogP contribution in [-0.2, 0) is 5.41 Å². The van der Waals surface area contributed by atoms with Gasteiger partial charge in [-0.15, -0.1) is 0 Å². The molecule has 0 heteroatoms. The summed E-state index contributed by atoms with van der Waals surface area (Å²) in [6.07, 6.45) is 1.22. The van der Waals surface area contributed by atoms with Gasteiger partial charge in [-0.25, -0.2) is 0 Å². The second kappa shape index (κ2) is 4.73. The molecule has 1 fully saturated rings. The molecule has 2 atom stereocenters. The Morgan fingerprint density at radius 1 is 0.810 bits per heavy atom. The number of benzene rings is 2. The van der Waals surface area contributed by atoms with Crippen LogP contribution in [0.1, 0.15) is 49.4 Å². The molecule has 0 spiro atoms. The van der Waals surface area contributed by atoms with Crippen LogP contribution in [0.4, 0.5) is 0 Å². The Bertz CT molecular complexity index is 587. The first-order chi connectivity index (χ1) is 9.96. The highest BCUT2D eigenvalue weighted by Crippen LogP contribution is 2.74. The summed E-state index contributed by atoms with van der Waals surface area (Å²) in [7, 11) is 0. The van der Waals surface area contributed by atoms with Crippen LogP contribution in [0.2, 0.25) is 0 Å². The zero-order chi connectivity index (χ0) is 15.3. The second-order valence-electron chi connectivity index (χ2n) is 7.03. The maximum atomic E-state index is 2.46. The third kappa shape index (κ3) is 1.81. The van der Waals surface area contributed by atoms with Gasteiger partial charge in [0.2, 0.25) is 0 Å². The van der Waals surface area contributed by atoms with Crippen LogP contribution in [0, 0.1) is 25.2 Å². The Morgan fingerprint density at radius 2 is 1.19 bits per heavy atom. The van der Waals surface area contributed by atoms with Crippen molar-refractivity contribution in [1.82, 2.24) is 0 Å². The van der Waals surface area contributed by atoms with Gasteiger partial charge in [-0.2, -0.15) is 0 Å². The smallest absolute Gasteiger partial charge is 0.0290 e. The fourth-order valence-corrected chi connectivity index (χ4v) is 4.46. The normalized spacial score (nSPS) is 26.6. The van der Waals surface area contributed by atoms with Gasteiger partial charge >= 0.3 is 0 Å². The van der Waals surface area contributed by atoms with Gasteiger partial charge in [-0.1, -0.05) is 80.4 Å². The van der Waals surface area contributed by atoms with Gasteiger partial charge in [-0.05, 0) is 42.7 Å². The van der Waals surface area contributed by atoms with Crippen molar-refractivity contribution in [3.05, 3.63) is 70.8 Å². The van der Waals surface area contributed by atoms with Gasteiger partial charge in [0.15, 0.2) is 0 Å². The predicted octanol–water partition coefficient (Wildman–Crippen LogP) is 5.66. The van der Waals surface area contributed by atoms with Gasteiger partial charge < -0.3 is 0 Å². The Morgan fingerprint density at radius 3 is 1.48 bits per heavy atom. The summed E-state index contributed by atoms with van der Waals surface area (Å²) >= 11 is 0. The lowest BCUT2D eigenvalue weighted by Crippen LogP contribution is -2.18. The van der Waals surface area contributed by atoms with E-state index < -0.39 is 0 Å². The molecule has 0 radical (unpaired) electrons. The third-order valence-electron chi connectivity index (χ3n) is 6.17. The minimum Gasteiger partial charge on any atom is -0.0648 e. The summed E-state index contributed by atoms with van der Waals surface area (Å²) in [4.78, 5) is 0. The number of aryl methyl sites for hydroxylation is 2. The van der Waals surface area contributed by atoms with Crippen molar-refractivity contribution >= 4 is 0 Å². The molecule has 1 aliphatic carbocycles. The quantitative estimate of drug-likeness (QED) is 0.680. The zero-order valence-electron chi connectivity index (χ0n) is 13.9. The second-order valence-corrected chi connectivity index (χ2v) is 7.03. The summed E-state index contributed by atoms with van der Waals surface area (Å²) in [6, 6.07) is 18.4. The summed E-state index contributed by atoms with van der Waals surface area (Å²) < 4.78 is 0. The van der Waals surface area contributed by atoms with Gasteiger partial charge in [0, 0.05) is 5.41 Å². The molecule has 1 aliphatic rings. The maximum absolute atomic E-state index is 2.46. The first-order valence-electron chi connectivity index (χ1n) is 8.11. The lowest BCUT2D eigenvalue weighted by atomic mass is 9.79. The number of hydrogen-bond donors (Lipinski definition) is 0. The van der Waals surface area contributed by atoms with Crippen LogP contribution in [0.5, 0.6) is 0 Å². The monoisotopic (exact) mass is 278 g/mol. The third-order valence-corrected chi connectivity index (χ3v) is 6.17. The molecule has 0 aromatic heterocycles. The van der Waals surface area contributed by atoms with Crippen molar-refractivity contribution in [3.63, 3.8) is 0 Å². The lowest BCUT2D eigenvalue weighted by molar-refractivity contribution is 0.463. The van der Waals surface area contributed by atoms with E-state index in [2.05, 4.69) is 83.1 Å². The molecule has 3 rings (SSSR count). The average molecular weight is 278 g/mol. The molecule has 21 heavy (non-hydrogen) atoms. The van der Waals surface area contributed by atoms with Gasteiger partial charge in [0.25, 0.3) is 0 Å². The Kier molecular flexibility index (Phi) is 3.24. The highest BCUT2D eigenvalue weighted by Gasteiger charge is 2.71. The van der Waals surface area contributed by atoms with Crippen molar-refractivity contribution < 1.29 is 0 Å². The summed E-state index contributed by atoms with van der Waals surface area (Å²) in [6.45, 7) is 11.5. The highest BCUT2D eigenvalue weighted by atomic mass is 14.7. The topological polar surface area (TPSA) is 0 Å². The van der Waals surface area contributed by atoms with E-state index in [0.29, 0.717) is 11.3 Å². The highest BCUT2D eigenvalue weighted by molar-refractivity contribution is 5.53. The molecule has 0 saturated heterocycles. The summed E-state index contributed by atoms with van der Waals surface area (Å²) in [5, 5.41) is 0. The molecule has 0 heterocycles. The largest absolute Gasteiger partial charge is 0.0648 e. The fourth-order valence-electron chi connectivity index (χ4n) is 4.46. The van der Waals surface area contributed by atoms with Crippen molar-refractivity contribution in [2.24, 2.45) is 11.3 Å². The molecule has 2 aromatic carbocycles. The molecular weight excluding hydrogens is 252 g/mol. The molecule has 0 nitrogen and oxygen atoms in total. The number of rotatable bonds is 3. The van der Waals surface area contributed by atoms with E-state index in [1.54, 1.807) is 0 Å². The number of hydrogen-bond acceptors (Lipinski definition) is 0. The van der Waals surface area contributed by atoms with Crippen LogP contribution in [-0.4, -0.2) is 0 Å². The molecule has 0 unspecified atom stereocenters. The molecule has 0 aliphatic heterocycles. The van der Waals surface area contributed by atoms with E-state index in [9.17, 15) is 0 Å². The van der Waals surface area contributed by atoms with Gasteiger partial charge in [0.05, 0.1) is 0 Å².